The normalized spacial score (nSPS) is 40.7. The number of esters is 1. The third-order valence-corrected chi connectivity index (χ3v) is 4.41. The molecule has 2 aliphatic rings. The average Bonchev–Trinajstić information content (AvgIpc) is 2.27. The molecule has 2 fully saturated rings. The van der Waals surface area contributed by atoms with Crippen LogP contribution in [0.5, 0.6) is 0 Å². The second kappa shape index (κ2) is 4.54. The Kier molecular flexibility index (Phi) is 3.32. The van der Waals surface area contributed by atoms with Crippen molar-refractivity contribution in [3.05, 3.63) is 0 Å². The van der Waals surface area contributed by atoms with Gasteiger partial charge in [0.1, 0.15) is 0 Å². The van der Waals surface area contributed by atoms with Crippen molar-refractivity contribution in [3.8, 4) is 0 Å². The molecular formula is C13H22O2. The highest BCUT2D eigenvalue weighted by Crippen LogP contribution is 2.44. The number of methoxy groups -OCH3 is 1. The molecule has 0 aromatic rings. The van der Waals surface area contributed by atoms with Gasteiger partial charge >= 0.3 is 5.97 Å². The van der Waals surface area contributed by atoms with Crippen LogP contribution in [0.1, 0.15) is 45.4 Å². The third-order valence-electron chi connectivity index (χ3n) is 4.41. The first-order chi connectivity index (χ1) is 7.20. The molecule has 2 saturated carbocycles. The van der Waals surface area contributed by atoms with Crippen LogP contribution < -0.4 is 0 Å². The summed E-state index contributed by atoms with van der Waals surface area (Å²) in [5, 5.41) is 0. The summed E-state index contributed by atoms with van der Waals surface area (Å²) in [4.78, 5) is 11.5. The van der Waals surface area contributed by atoms with E-state index in [9.17, 15) is 4.79 Å². The Morgan fingerprint density at radius 3 is 2.53 bits per heavy atom. The van der Waals surface area contributed by atoms with Gasteiger partial charge in [-0.05, 0) is 49.9 Å². The van der Waals surface area contributed by atoms with E-state index in [4.69, 9.17) is 4.74 Å². The number of ether oxygens (including phenoxy) is 1. The van der Waals surface area contributed by atoms with Gasteiger partial charge in [0, 0.05) is 0 Å². The summed E-state index contributed by atoms with van der Waals surface area (Å²) in [6.45, 7) is 2.35. The van der Waals surface area contributed by atoms with Gasteiger partial charge in [0.15, 0.2) is 0 Å². The van der Waals surface area contributed by atoms with Crippen LogP contribution in [0, 0.1) is 23.7 Å². The van der Waals surface area contributed by atoms with E-state index < -0.39 is 0 Å². The van der Waals surface area contributed by atoms with Crippen molar-refractivity contribution in [2.24, 2.45) is 23.7 Å². The van der Waals surface area contributed by atoms with E-state index in [1.54, 1.807) is 0 Å². The smallest absolute Gasteiger partial charge is 0.308 e. The Bertz CT molecular complexity index is 237. The summed E-state index contributed by atoms with van der Waals surface area (Å²) in [7, 11) is 1.51. The predicted octanol–water partition coefficient (Wildman–Crippen LogP) is 3.01. The molecule has 4 atom stereocenters. The van der Waals surface area contributed by atoms with Crippen molar-refractivity contribution in [1.29, 1.82) is 0 Å². The second-order valence-corrected chi connectivity index (χ2v) is 5.47. The molecule has 0 heterocycles. The standard InChI is InChI=1S/C13H22O2/c1-9-3-4-10-5-6-11(13(14)15-2)8-12(10)7-9/h9-12H,3-8H2,1-2H3. The first-order valence-electron chi connectivity index (χ1n) is 6.28. The zero-order valence-electron chi connectivity index (χ0n) is 9.87. The van der Waals surface area contributed by atoms with Crippen LogP contribution in [0.4, 0.5) is 0 Å². The van der Waals surface area contributed by atoms with Crippen LogP contribution in [-0.2, 0) is 9.53 Å². The van der Waals surface area contributed by atoms with Gasteiger partial charge in [0.05, 0.1) is 13.0 Å². The molecule has 4 unspecified atom stereocenters. The Hall–Kier alpha value is -0.530. The molecule has 0 bridgehead atoms. The molecule has 0 aliphatic heterocycles. The monoisotopic (exact) mass is 210 g/mol. The SMILES string of the molecule is COC(=O)C1CCC2CCC(C)CC2C1. The highest BCUT2D eigenvalue weighted by Gasteiger charge is 2.37. The number of fused-ring (bicyclic) bond motifs is 1. The van der Waals surface area contributed by atoms with E-state index >= 15 is 0 Å². The maximum absolute atomic E-state index is 11.5. The lowest BCUT2D eigenvalue weighted by molar-refractivity contribution is -0.148. The minimum atomic E-state index is 0.0201. The van der Waals surface area contributed by atoms with Gasteiger partial charge in [0.25, 0.3) is 0 Å². The minimum absolute atomic E-state index is 0.0201. The topological polar surface area (TPSA) is 26.3 Å². The summed E-state index contributed by atoms with van der Waals surface area (Å²) in [5.74, 6) is 2.78. The lowest BCUT2D eigenvalue weighted by atomic mass is 9.65. The average molecular weight is 210 g/mol. The van der Waals surface area contributed by atoms with Crippen molar-refractivity contribution < 1.29 is 9.53 Å². The van der Waals surface area contributed by atoms with E-state index in [2.05, 4.69) is 6.92 Å². The fourth-order valence-corrected chi connectivity index (χ4v) is 3.51. The van der Waals surface area contributed by atoms with E-state index in [0.717, 1.165) is 30.6 Å². The lowest BCUT2D eigenvalue weighted by Crippen LogP contribution is -2.33. The maximum Gasteiger partial charge on any atom is 0.308 e. The van der Waals surface area contributed by atoms with Crippen LogP contribution >= 0.6 is 0 Å². The van der Waals surface area contributed by atoms with Crippen molar-refractivity contribution in [2.75, 3.05) is 7.11 Å². The maximum atomic E-state index is 11.5. The molecule has 0 aromatic heterocycles. The highest BCUT2D eigenvalue weighted by atomic mass is 16.5. The van der Waals surface area contributed by atoms with Crippen molar-refractivity contribution in [2.45, 2.75) is 45.4 Å². The largest absolute Gasteiger partial charge is 0.469 e. The molecule has 0 N–H and O–H groups in total. The Balaban J connectivity index is 1.94. The Morgan fingerprint density at radius 2 is 1.80 bits per heavy atom. The predicted molar refractivity (Wildman–Crippen MR) is 59.4 cm³/mol. The molecule has 0 spiro atoms. The highest BCUT2D eigenvalue weighted by molar-refractivity contribution is 5.72. The van der Waals surface area contributed by atoms with E-state index in [1.807, 2.05) is 0 Å². The minimum Gasteiger partial charge on any atom is -0.469 e. The number of hydrogen-bond acceptors (Lipinski definition) is 2. The van der Waals surface area contributed by atoms with E-state index in [-0.39, 0.29) is 11.9 Å². The summed E-state index contributed by atoms with van der Waals surface area (Å²) in [6, 6.07) is 0. The van der Waals surface area contributed by atoms with Crippen LogP contribution in [0.15, 0.2) is 0 Å². The number of hydrogen-bond donors (Lipinski definition) is 0. The molecule has 0 amide bonds. The molecule has 0 radical (unpaired) electrons. The van der Waals surface area contributed by atoms with E-state index in [1.165, 1.54) is 32.8 Å². The Morgan fingerprint density at radius 1 is 1.07 bits per heavy atom. The third kappa shape index (κ3) is 2.35. The van der Waals surface area contributed by atoms with Crippen molar-refractivity contribution in [1.82, 2.24) is 0 Å². The molecule has 2 rings (SSSR count). The summed E-state index contributed by atoms with van der Waals surface area (Å²) in [6.07, 6.45) is 7.50. The number of carbonyl (C=O) groups is 1. The second-order valence-electron chi connectivity index (χ2n) is 5.47. The van der Waals surface area contributed by atoms with E-state index in [0.29, 0.717) is 0 Å². The number of rotatable bonds is 1. The van der Waals surface area contributed by atoms with Gasteiger partial charge in [0.2, 0.25) is 0 Å². The Labute approximate surface area is 92.4 Å². The molecule has 0 aromatic carbocycles. The first kappa shape index (κ1) is 11.0. The summed E-state index contributed by atoms with van der Waals surface area (Å²) >= 11 is 0. The first-order valence-corrected chi connectivity index (χ1v) is 6.28. The van der Waals surface area contributed by atoms with Crippen molar-refractivity contribution >= 4 is 5.97 Å². The van der Waals surface area contributed by atoms with Crippen LogP contribution in [0.2, 0.25) is 0 Å². The zero-order valence-corrected chi connectivity index (χ0v) is 9.87. The molecule has 86 valence electrons. The van der Waals surface area contributed by atoms with Gasteiger partial charge in [-0.15, -0.1) is 0 Å². The van der Waals surface area contributed by atoms with Crippen molar-refractivity contribution in [3.63, 3.8) is 0 Å². The fraction of sp³-hybridized carbons (Fsp3) is 0.923. The lowest BCUT2D eigenvalue weighted by Gasteiger charge is -2.40. The molecule has 2 nitrogen and oxygen atoms in total. The van der Waals surface area contributed by atoms with Gasteiger partial charge < -0.3 is 4.74 Å². The van der Waals surface area contributed by atoms with Gasteiger partial charge in [-0.3, -0.25) is 4.79 Å². The van der Waals surface area contributed by atoms with Gasteiger partial charge in [-0.2, -0.15) is 0 Å². The molecule has 2 aliphatic carbocycles. The van der Waals surface area contributed by atoms with Crippen LogP contribution in [0.3, 0.4) is 0 Å². The molecule has 15 heavy (non-hydrogen) atoms. The zero-order chi connectivity index (χ0) is 10.8. The van der Waals surface area contributed by atoms with Crippen LogP contribution in [0.25, 0.3) is 0 Å². The van der Waals surface area contributed by atoms with Gasteiger partial charge in [-0.1, -0.05) is 13.3 Å². The number of carbonyl (C=O) groups excluding carboxylic acids is 1. The van der Waals surface area contributed by atoms with Gasteiger partial charge in [-0.25, -0.2) is 0 Å². The quantitative estimate of drug-likeness (QED) is 0.622. The fourth-order valence-electron chi connectivity index (χ4n) is 3.51. The molecule has 0 saturated heterocycles. The molecular weight excluding hydrogens is 188 g/mol. The summed E-state index contributed by atoms with van der Waals surface area (Å²) < 4.78 is 4.86. The van der Waals surface area contributed by atoms with Crippen LogP contribution in [-0.4, -0.2) is 13.1 Å². The summed E-state index contributed by atoms with van der Waals surface area (Å²) in [5.41, 5.74) is 0. The molecule has 2 heteroatoms.